The van der Waals surface area contributed by atoms with Gasteiger partial charge in [-0.2, -0.15) is 10.4 Å². The molecule has 0 aliphatic rings. The fraction of sp³-hybridized carbons (Fsp3) is 0.300. The number of hydrogen-bond donors (Lipinski definition) is 1. The number of aryl methyl sites for hydroxylation is 1. The summed E-state index contributed by atoms with van der Waals surface area (Å²) in [5, 5.41) is 16.8. The van der Waals surface area contributed by atoms with Crippen LogP contribution < -0.4 is 5.32 Å². The molecule has 2 aromatic heterocycles. The summed E-state index contributed by atoms with van der Waals surface area (Å²) < 4.78 is 2.03. The maximum absolute atomic E-state index is 12.1. The zero-order valence-corrected chi connectivity index (χ0v) is 15.2. The molecule has 0 bridgehead atoms. The molecule has 0 spiro atoms. The molecule has 0 aliphatic carbocycles. The Balaban J connectivity index is 2.06. The van der Waals surface area contributed by atoms with Crippen LogP contribution in [0.3, 0.4) is 0 Å². The molecule has 0 unspecified atom stereocenters. The molecule has 1 amide bonds. The molecule has 0 atom stereocenters. The molecule has 0 saturated heterocycles. The zero-order chi connectivity index (χ0) is 18.7. The number of aromatic nitrogens is 3. The first-order valence-corrected chi connectivity index (χ1v) is 8.58. The number of carbonyl (C=O) groups excluding carboxylic acids is 1. The Labute approximate surface area is 152 Å². The van der Waals surface area contributed by atoms with Gasteiger partial charge in [-0.15, -0.1) is 0 Å². The predicted molar refractivity (Wildman–Crippen MR) is 99.4 cm³/mol. The highest BCUT2D eigenvalue weighted by molar-refractivity contribution is 5.96. The summed E-state index contributed by atoms with van der Waals surface area (Å²) in [5.41, 5.74) is 4.35. The third-order valence-electron chi connectivity index (χ3n) is 4.20. The second kappa shape index (κ2) is 7.36. The maximum atomic E-state index is 12.1. The van der Waals surface area contributed by atoms with Gasteiger partial charge in [-0.3, -0.25) is 19.8 Å². The highest BCUT2D eigenvalue weighted by Gasteiger charge is 2.16. The van der Waals surface area contributed by atoms with Crippen molar-refractivity contribution in [2.24, 2.45) is 5.92 Å². The molecule has 3 aromatic rings. The zero-order valence-electron chi connectivity index (χ0n) is 15.2. The summed E-state index contributed by atoms with van der Waals surface area (Å²) in [4.78, 5) is 16.3. The summed E-state index contributed by atoms with van der Waals surface area (Å²) >= 11 is 0. The van der Waals surface area contributed by atoms with Crippen molar-refractivity contribution in [1.29, 1.82) is 5.26 Å². The number of nitrogens with one attached hydrogen (secondary N) is 1. The van der Waals surface area contributed by atoms with E-state index in [1.165, 1.54) is 0 Å². The Kier molecular flexibility index (Phi) is 4.99. The molecule has 1 aromatic carbocycles. The summed E-state index contributed by atoms with van der Waals surface area (Å²) in [7, 11) is 0. The van der Waals surface area contributed by atoms with Gasteiger partial charge in [0.25, 0.3) is 5.91 Å². The average molecular weight is 347 g/mol. The molecule has 6 nitrogen and oxygen atoms in total. The number of fused-ring (bicyclic) bond motifs is 1. The lowest BCUT2D eigenvalue weighted by atomic mass is 10.0. The molecule has 132 valence electrons. The van der Waals surface area contributed by atoms with E-state index in [0.29, 0.717) is 17.9 Å². The lowest BCUT2D eigenvalue weighted by Gasteiger charge is -2.06. The number of amides is 1. The Bertz CT molecular complexity index is 997. The highest BCUT2D eigenvalue weighted by atomic mass is 16.1. The van der Waals surface area contributed by atoms with Gasteiger partial charge < -0.3 is 0 Å². The van der Waals surface area contributed by atoms with Crippen LogP contribution in [-0.4, -0.2) is 20.7 Å². The molecular formula is C20H21N5O. The van der Waals surface area contributed by atoms with Crippen LogP contribution in [0.4, 0.5) is 0 Å². The Morgan fingerprint density at radius 3 is 2.88 bits per heavy atom. The van der Waals surface area contributed by atoms with E-state index in [1.54, 1.807) is 24.7 Å². The topological polar surface area (TPSA) is 83.6 Å². The second-order valence-electron chi connectivity index (χ2n) is 6.82. The van der Waals surface area contributed by atoms with Crippen LogP contribution >= 0.6 is 0 Å². The SMILES string of the molecule is Cc1ccc2c(c1)c(Cc1cnccc1C(=O)NC#N)nn2CC(C)C. The van der Waals surface area contributed by atoms with Gasteiger partial charge in [0.05, 0.1) is 11.2 Å². The minimum Gasteiger partial charge on any atom is -0.268 e. The van der Waals surface area contributed by atoms with E-state index >= 15 is 0 Å². The van der Waals surface area contributed by atoms with Crippen LogP contribution in [-0.2, 0) is 13.0 Å². The number of rotatable bonds is 5. The number of benzene rings is 1. The van der Waals surface area contributed by atoms with Crippen molar-refractivity contribution in [1.82, 2.24) is 20.1 Å². The molecule has 3 rings (SSSR count). The Morgan fingerprint density at radius 1 is 1.35 bits per heavy atom. The minimum absolute atomic E-state index is 0.424. The van der Waals surface area contributed by atoms with Crippen molar-refractivity contribution in [3.63, 3.8) is 0 Å². The predicted octanol–water partition coefficient (Wildman–Crippen LogP) is 3.20. The van der Waals surface area contributed by atoms with Crippen LogP contribution in [0.2, 0.25) is 0 Å². The standard InChI is InChI=1S/C20H21N5O/c1-13(2)11-25-19-5-4-14(3)8-17(19)18(24-25)9-15-10-22-7-6-16(15)20(26)23-12-21/h4-8,10,13H,9,11H2,1-3H3,(H,23,26). The second-order valence-corrected chi connectivity index (χ2v) is 6.82. The first kappa shape index (κ1) is 17.6. The van der Waals surface area contributed by atoms with Gasteiger partial charge in [-0.25, -0.2) is 0 Å². The number of nitriles is 1. The number of pyridine rings is 1. The van der Waals surface area contributed by atoms with E-state index in [9.17, 15) is 4.79 Å². The first-order valence-electron chi connectivity index (χ1n) is 8.58. The summed E-state index contributed by atoms with van der Waals surface area (Å²) in [5.74, 6) is 0.0506. The smallest absolute Gasteiger partial charge is 0.264 e. The van der Waals surface area contributed by atoms with Crippen LogP contribution in [0.25, 0.3) is 10.9 Å². The number of nitrogens with zero attached hydrogens (tertiary/aromatic N) is 4. The quantitative estimate of drug-likeness (QED) is 0.567. The fourth-order valence-corrected chi connectivity index (χ4v) is 3.06. The average Bonchev–Trinajstić information content (AvgIpc) is 2.91. The lowest BCUT2D eigenvalue weighted by molar-refractivity contribution is 0.0972. The fourth-order valence-electron chi connectivity index (χ4n) is 3.06. The monoisotopic (exact) mass is 347 g/mol. The largest absolute Gasteiger partial charge is 0.268 e. The van der Waals surface area contributed by atoms with Crippen molar-refractivity contribution in [3.05, 3.63) is 59.0 Å². The Morgan fingerprint density at radius 2 is 2.15 bits per heavy atom. The molecule has 0 radical (unpaired) electrons. The van der Waals surface area contributed by atoms with Crippen molar-refractivity contribution >= 4 is 16.8 Å². The number of carbonyl (C=O) groups is 1. The van der Waals surface area contributed by atoms with Crippen molar-refractivity contribution in [2.75, 3.05) is 0 Å². The number of hydrogen-bond acceptors (Lipinski definition) is 4. The van der Waals surface area contributed by atoms with Gasteiger partial charge in [-0.1, -0.05) is 25.5 Å². The molecule has 0 aliphatic heterocycles. The molecule has 6 heteroatoms. The highest BCUT2D eigenvalue weighted by Crippen LogP contribution is 2.24. The van der Waals surface area contributed by atoms with Gasteiger partial charge in [0.2, 0.25) is 0 Å². The van der Waals surface area contributed by atoms with Gasteiger partial charge in [0, 0.05) is 36.3 Å². The van der Waals surface area contributed by atoms with Gasteiger partial charge in [-0.05, 0) is 36.6 Å². The molecule has 2 heterocycles. The third-order valence-corrected chi connectivity index (χ3v) is 4.20. The van der Waals surface area contributed by atoms with E-state index in [4.69, 9.17) is 10.4 Å². The first-order chi connectivity index (χ1) is 12.5. The summed E-state index contributed by atoms with van der Waals surface area (Å²) in [6, 6.07) is 7.93. The van der Waals surface area contributed by atoms with E-state index in [0.717, 1.165) is 34.3 Å². The molecule has 26 heavy (non-hydrogen) atoms. The van der Waals surface area contributed by atoms with E-state index < -0.39 is 5.91 Å². The minimum atomic E-state index is -0.424. The van der Waals surface area contributed by atoms with Gasteiger partial charge in [0.1, 0.15) is 0 Å². The van der Waals surface area contributed by atoms with Crippen LogP contribution in [0.5, 0.6) is 0 Å². The molecular weight excluding hydrogens is 326 g/mol. The summed E-state index contributed by atoms with van der Waals surface area (Å²) in [6.07, 6.45) is 5.37. The van der Waals surface area contributed by atoms with Crippen LogP contribution in [0.1, 0.15) is 41.0 Å². The van der Waals surface area contributed by atoms with Gasteiger partial charge >= 0.3 is 0 Å². The normalized spacial score (nSPS) is 10.9. The van der Waals surface area contributed by atoms with E-state index in [-0.39, 0.29) is 0 Å². The third kappa shape index (κ3) is 3.57. The summed E-state index contributed by atoms with van der Waals surface area (Å²) in [6.45, 7) is 7.20. The van der Waals surface area contributed by atoms with Crippen LogP contribution in [0, 0.1) is 24.3 Å². The Hall–Kier alpha value is -3.20. The molecule has 0 saturated carbocycles. The maximum Gasteiger partial charge on any atom is 0.264 e. The van der Waals surface area contributed by atoms with E-state index in [2.05, 4.69) is 49.3 Å². The van der Waals surface area contributed by atoms with Crippen molar-refractivity contribution < 1.29 is 4.79 Å². The van der Waals surface area contributed by atoms with Crippen molar-refractivity contribution in [3.8, 4) is 6.19 Å². The lowest BCUT2D eigenvalue weighted by Crippen LogP contribution is -2.19. The van der Waals surface area contributed by atoms with Crippen molar-refractivity contribution in [2.45, 2.75) is 33.7 Å². The molecule has 0 fully saturated rings. The molecule has 1 N–H and O–H groups in total. The van der Waals surface area contributed by atoms with E-state index in [1.807, 2.05) is 4.68 Å². The van der Waals surface area contributed by atoms with Gasteiger partial charge in [0.15, 0.2) is 6.19 Å². The van der Waals surface area contributed by atoms with Crippen LogP contribution in [0.15, 0.2) is 36.7 Å².